The largest absolute Gasteiger partial charge is 0.387 e. The number of rotatable bonds is 3. The number of nitrogens with zero attached hydrogens (tertiary/aromatic N) is 3. The molecular weight excluding hydrogens is 285 g/mol. The molecule has 20 heavy (non-hydrogen) atoms. The van der Waals surface area contributed by atoms with E-state index in [1.807, 2.05) is 0 Å². The summed E-state index contributed by atoms with van der Waals surface area (Å²) in [5, 5.41) is 16.1. The molecule has 0 radical (unpaired) electrons. The SMILES string of the molecule is CCC(O)c1cn(-c2c(F)c(F)c(F)c(F)c2F)nn1. The monoisotopic (exact) mass is 293 g/mol. The van der Waals surface area contributed by atoms with E-state index in [1.165, 1.54) is 0 Å². The number of benzene rings is 1. The first-order valence-electron chi connectivity index (χ1n) is 5.50. The molecule has 0 saturated carbocycles. The first-order valence-corrected chi connectivity index (χ1v) is 5.50. The average molecular weight is 293 g/mol. The maximum absolute atomic E-state index is 13.5. The summed E-state index contributed by atoms with van der Waals surface area (Å²) in [5.41, 5.74) is -1.29. The first kappa shape index (κ1) is 14.4. The number of aliphatic hydroxyl groups is 1. The van der Waals surface area contributed by atoms with Gasteiger partial charge in [-0.25, -0.2) is 26.6 Å². The maximum Gasteiger partial charge on any atom is 0.200 e. The van der Waals surface area contributed by atoms with Gasteiger partial charge in [0, 0.05) is 0 Å². The van der Waals surface area contributed by atoms with Crippen molar-refractivity contribution in [2.24, 2.45) is 0 Å². The Bertz CT molecular complexity index is 629. The second-order valence-electron chi connectivity index (χ2n) is 3.93. The molecule has 0 aliphatic rings. The van der Waals surface area contributed by atoms with Gasteiger partial charge in [-0.3, -0.25) is 0 Å². The van der Waals surface area contributed by atoms with Gasteiger partial charge in [0.05, 0.1) is 12.3 Å². The van der Waals surface area contributed by atoms with E-state index < -0.39 is 40.9 Å². The normalized spacial score (nSPS) is 12.8. The minimum Gasteiger partial charge on any atom is -0.387 e. The van der Waals surface area contributed by atoms with Gasteiger partial charge in [-0.05, 0) is 6.42 Å². The van der Waals surface area contributed by atoms with Gasteiger partial charge in [-0.2, -0.15) is 0 Å². The third kappa shape index (κ3) is 2.13. The molecule has 1 heterocycles. The summed E-state index contributed by atoms with van der Waals surface area (Å²) >= 11 is 0. The van der Waals surface area contributed by atoms with E-state index in [9.17, 15) is 27.1 Å². The van der Waals surface area contributed by atoms with Crippen LogP contribution in [0.3, 0.4) is 0 Å². The summed E-state index contributed by atoms with van der Waals surface area (Å²) in [4.78, 5) is 0. The molecule has 0 bridgehead atoms. The Balaban J connectivity index is 2.61. The highest BCUT2D eigenvalue weighted by molar-refractivity contribution is 5.36. The van der Waals surface area contributed by atoms with E-state index in [2.05, 4.69) is 10.3 Å². The van der Waals surface area contributed by atoms with Crippen LogP contribution in [0.4, 0.5) is 22.0 Å². The lowest BCUT2D eigenvalue weighted by molar-refractivity contribution is 0.169. The van der Waals surface area contributed by atoms with Crippen LogP contribution in [0.2, 0.25) is 0 Å². The molecule has 1 aromatic carbocycles. The molecule has 0 aliphatic heterocycles. The van der Waals surface area contributed by atoms with Gasteiger partial charge in [-0.1, -0.05) is 12.1 Å². The molecule has 2 rings (SSSR count). The molecule has 1 aromatic heterocycles. The molecule has 1 unspecified atom stereocenters. The Kier molecular flexibility index (Phi) is 3.71. The molecule has 9 heteroatoms. The van der Waals surface area contributed by atoms with Crippen molar-refractivity contribution in [2.45, 2.75) is 19.4 Å². The molecule has 2 aromatic rings. The predicted octanol–water partition coefficient (Wildman–Crippen LogP) is 2.41. The van der Waals surface area contributed by atoms with Crippen LogP contribution in [0.1, 0.15) is 25.1 Å². The van der Waals surface area contributed by atoms with Gasteiger partial charge in [0.15, 0.2) is 23.3 Å². The summed E-state index contributed by atoms with van der Waals surface area (Å²) in [6.45, 7) is 1.61. The zero-order valence-electron chi connectivity index (χ0n) is 10.0. The van der Waals surface area contributed by atoms with Gasteiger partial charge in [0.1, 0.15) is 11.4 Å². The van der Waals surface area contributed by atoms with Crippen LogP contribution in [-0.4, -0.2) is 20.1 Å². The second-order valence-corrected chi connectivity index (χ2v) is 3.93. The molecule has 0 aliphatic carbocycles. The van der Waals surface area contributed by atoms with Gasteiger partial charge in [0.2, 0.25) is 5.82 Å². The van der Waals surface area contributed by atoms with E-state index >= 15 is 0 Å². The molecule has 0 amide bonds. The maximum atomic E-state index is 13.5. The van der Waals surface area contributed by atoms with E-state index in [0.717, 1.165) is 6.20 Å². The highest BCUT2D eigenvalue weighted by atomic mass is 19.2. The van der Waals surface area contributed by atoms with Gasteiger partial charge in [0.25, 0.3) is 0 Å². The molecule has 0 spiro atoms. The quantitative estimate of drug-likeness (QED) is 0.537. The van der Waals surface area contributed by atoms with Crippen molar-refractivity contribution in [1.82, 2.24) is 15.0 Å². The van der Waals surface area contributed by atoms with E-state index in [4.69, 9.17) is 0 Å². The Morgan fingerprint density at radius 3 is 2.05 bits per heavy atom. The van der Waals surface area contributed by atoms with E-state index in [-0.39, 0.29) is 12.1 Å². The third-order valence-electron chi connectivity index (χ3n) is 2.65. The van der Waals surface area contributed by atoms with Crippen LogP contribution >= 0.6 is 0 Å². The highest BCUT2D eigenvalue weighted by Gasteiger charge is 2.28. The molecule has 108 valence electrons. The fraction of sp³-hybridized carbons (Fsp3) is 0.273. The second kappa shape index (κ2) is 5.16. The summed E-state index contributed by atoms with van der Waals surface area (Å²) in [5.74, 6) is -10.5. The topological polar surface area (TPSA) is 50.9 Å². The Hall–Kier alpha value is -2.03. The number of hydrogen-bond acceptors (Lipinski definition) is 3. The lowest BCUT2D eigenvalue weighted by Crippen LogP contribution is -2.10. The lowest BCUT2D eigenvalue weighted by Gasteiger charge is -2.07. The Morgan fingerprint density at radius 2 is 1.55 bits per heavy atom. The summed E-state index contributed by atoms with van der Waals surface area (Å²) < 4.78 is 66.4. The molecule has 4 nitrogen and oxygen atoms in total. The lowest BCUT2D eigenvalue weighted by atomic mass is 10.2. The van der Waals surface area contributed by atoms with E-state index in [0.29, 0.717) is 4.68 Å². The van der Waals surface area contributed by atoms with Crippen molar-refractivity contribution in [1.29, 1.82) is 0 Å². The molecular formula is C11H8F5N3O. The number of aliphatic hydroxyl groups excluding tert-OH is 1. The molecule has 0 fully saturated rings. The summed E-state index contributed by atoms with van der Waals surface area (Å²) in [7, 11) is 0. The fourth-order valence-corrected chi connectivity index (χ4v) is 1.54. The zero-order valence-corrected chi connectivity index (χ0v) is 10.0. The van der Waals surface area contributed by atoms with Crippen molar-refractivity contribution in [3.8, 4) is 5.69 Å². The van der Waals surface area contributed by atoms with Crippen molar-refractivity contribution < 1.29 is 27.1 Å². The van der Waals surface area contributed by atoms with Gasteiger partial charge in [-0.15, -0.1) is 5.10 Å². The predicted molar refractivity (Wildman–Crippen MR) is 56.4 cm³/mol. The zero-order chi connectivity index (χ0) is 15.0. The fourth-order valence-electron chi connectivity index (χ4n) is 1.54. The molecule has 0 saturated heterocycles. The third-order valence-corrected chi connectivity index (χ3v) is 2.65. The number of aromatic nitrogens is 3. The van der Waals surface area contributed by atoms with Crippen molar-refractivity contribution in [2.75, 3.05) is 0 Å². The first-order chi connectivity index (χ1) is 9.38. The molecule has 1 N–H and O–H groups in total. The highest BCUT2D eigenvalue weighted by Crippen LogP contribution is 2.26. The minimum absolute atomic E-state index is 0.0450. The van der Waals surface area contributed by atoms with Crippen LogP contribution < -0.4 is 0 Å². The van der Waals surface area contributed by atoms with Crippen LogP contribution in [0.5, 0.6) is 0 Å². The number of hydrogen-bond donors (Lipinski definition) is 1. The number of halogens is 5. The Labute approximate surface area is 109 Å². The van der Waals surface area contributed by atoms with Gasteiger partial charge >= 0.3 is 0 Å². The van der Waals surface area contributed by atoms with Crippen molar-refractivity contribution >= 4 is 0 Å². The Morgan fingerprint density at radius 1 is 1.05 bits per heavy atom. The van der Waals surface area contributed by atoms with E-state index in [1.54, 1.807) is 6.92 Å². The van der Waals surface area contributed by atoms with Crippen LogP contribution in [0.25, 0.3) is 5.69 Å². The molecule has 1 atom stereocenters. The van der Waals surface area contributed by atoms with Crippen LogP contribution in [0.15, 0.2) is 6.20 Å². The minimum atomic E-state index is -2.25. The smallest absolute Gasteiger partial charge is 0.200 e. The van der Waals surface area contributed by atoms with Gasteiger partial charge < -0.3 is 5.11 Å². The van der Waals surface area contributed by atoms with Crippen LogP contribution in [-0.2, 0) is 0 Å². The summed E-state index contributed by atoms with van der Waals surface area (Å²) in [6.07, 6.45) is 0.0902. The van der Waals surface area contributed by atoms with Crippen LogP contribution in [0, 0.1) is 29.1 Å². The standard InChI is InChI=1S/C11H8F5N3O/c1-2-5(20)4-3-19(18-17-4)11-9(15)7(13)6(12)8(14)10(11)16/h3,5,20H,2H2,1H3. The van der Waals surface area contributed by atoms with Crippen molar-refractivity contribution in [3.63, 3.8) is 0 Å². The van der Waals surface area contributed by atoms with Crippen molar-refractivity contribution in [3.05, 3.63) is 41.0 Å². The average Bonchev–Trinajstić information content (AvgIpc) is 2.92. The summed E-state index contributed by atoms with van der Waals surface area (Å²) in [6, 6.07) is 0.